The van der Waals surface area contributed by atoms with Gasteiger partial charge < -0.3 is 14.7 Å². The van der Waals surface area contributed by atoms with Crippen molar-refractivity contribution in [2.24, 2.45) is 12.0 Å². The number of halogens is 1. The summed E-state index contributed by atoms with van der Waals surface area (Å²) in [5.74, 6) is 2.49. The number of rotatable bonds is 5. The molecule has 26 heavy (non-hydrogen) atoms. The lowest BCUT2D eigenvalue weighted by atomic mass is 10.2. The number of benzene rings is 1. The fourth-order valence-corrected chi connectivity index (χ4v) is 2.46. The van der Waals surface area contributed by atoms with Crippen LogP contribution < -0.4 is 5.32 Å². The summed E-state index contributed by atoms with van der Waals surface area (Å²) >= 11 is 5.89. The number of nitrogens with one attached hydrogen (secondary N) is 1. The molecule has 2 aromatic heterocycles. The van der Waals surface area contributed by atoms with Crippen molar-refractivity contribution in [1.82, 2.24) is 35.1 Å². The highest BCUT2D eigenvalue weighted by atomic mass is 35.5. The maximum Gasteiger partial charge on any atom is 0.246 e. The van der Waals surface area contributed by atoms with Crippen LogP contribution >= 0.6 is 11.6 Å². The van der Waals surface area contributed by atoms with Gasteiger partial charge in [-0.1, -0.05) is 16.8 Å². The molecule has 1 aromatic carbocycles. The van der Waals surface area contributed by atoms with Gasteiger partial charge in [-0.15, -0.1) is 0 Å². The second kappa shape index (κ2) is 7.96. The lowest BCUT2D eigenvalue weighted by Gasteiger charge is -2.20. The minimum atomic E-state index is 0.358. The molecule has 136 valence electrons. The number of aryl methyl sites for hydroxylation is 1. The summed E-state index contributed by atoms with van der Waals surface area (Å²) in [6.45, 7) is 0.923. The minimum absolute atomic E-state index is 0.358. The van der Waals surface area contributed by atoms with Gasteiger partial charge in [0.25, 0.3) is 0 Å². The standard InChI is InChI=1S/C16H19ClN8O/c1-18-16(24(2)9-13-20-10-21-25(13)3)19-8-14-22-15(23-26-14)11-4-6-12(17)7-5-11/h4-7,10H,8-9H2,1-3H3,(H,18,19). The average Bonchev–Trinajstić information content (AvgIpc) is 3.26. The molecular weight excluding hydrogens is 356 g/mol. The normalized spacial score (nSPS) is 11.6. The Morgan fingerprint density at radius 1 is 1.35 bits per heavy atom. The average molecular weight is 375 g/mol. The van der Waals surface area contributed by atoms with Crippen LogP contribution in [0, 0.1) is 0 Å². The van der Waals surface area contributed by atoms with Crippen LogP contribution in [-0.2, 0) is 20.1 Å². The molecule has 3 aromatic rings. The van der Waals surface area contributed by atoms with Gasteiger partial charge in [0.1, 0.15) is 12.2 Å². The van der Waals surface area contributed by atoms with Crippen LogP contribution in [0.5, 0.6) is 0 Å². The molecule has 0 saturated heterocycles. The number of aromatic nitrogens is 5. The summed E-state index contributed by atoms with van der Waals surface area (Å²) in [7, 11) is 5.47. The van der Waals surface area contributed by atoms with E-state index in [0.29, 0.717) is 35.8 Å². The van der Waals surface area contributed by atoms with Crippen molar-refractivity contribution in [3.05, 3.63) is 47.3 Å². The van der Waals surface area contributed by atoms with Crippen LogP contribution in [0.1, 0.15) is 11.7 Å². The van der Waals surface area contributed by atoms with E-state index in [0.717, 1.165) is 11.4 Å². The predicted molar refractivity (Wildman–Crippen MR) is 97.4 cm³/mol. The van der Waals surface area contributed by atoms with E-state index >= 15 is 0 Å². The Labute approximate surface area is 155 Å². The molecule has 0 saturated carbocycles. The van der Waals surface area contributed by atoms with Gasteiger partial charge in [0, 0.05) is 31.7 Å². The molecule has 0 fully saturated rings. The van der Waals surface area contributed by atoms with Gasteiger partial charge in [-0.25, -0.2) is 4.98 Å². The van der Waals surface area contributed by atoms with Crippen LogP contribution in [0.2, 0.25) is 5.02 Å². The summed E-state index contributed by atoms with van der Waals surface area (Å²) in [5, 5.41) is 11.9. The number of aliphatic imine (C=N–C) groups is 1. The molecule has 0 aliphatic heterocycles. The van der Waals surface area contributed by atoms with E-state index in [-0.39, 0.29) is 0 Å². The molecule has 0 amide bonds. The number of nitrogens with zero attached hydrogens (tertiary/aromatic N) is 7. The molecule has 0 aliphatic carbocycles. The minimum Gasteiger partial charge on any atom is -0.347 e. The zero-order chi connectivity index (χ0) is 18.5. The van der Waals surface area contributed by atoms with Crippen molar-refractivity contribution in [2.75, 3.05) is 14.1 Å². The maximum absolute atomic E-state index is 5.89. The highest BCUT2D eigenvalue weighted by Crippen LogP contribution is 2.18. The molecule has 1 N–H and O–H groups in total. The second-order valence-electron chi connectivity index (χ2n) is 5.58. The van der Waals surface area contributed by atoms with Gasteiger partial charge in [0.15, 0.2) is 5.96 Å². The zero-order valence-corrected chi connectivity index (χ0v) is 15.5. The highest BCUT2D eigenvalue weighted by Gasteiger charge is 2.13. The quantitative estimate of drug-likeness (QED) is 0.536. The summed E-state index contributed by atoms with van der Waals surface area (Å²) in [6.07, 6.45) is 1.52. The third kappa shape index (κ3) is 4.17. The molecule has 10 heteroatoms. The molecule has 0 atom stereocenters. The van der Waals surface area contributed by atoms with Crippen molar-refractivity contribution in [2.45, 2.75) is 13.1 Å². The van der Waals surface area contributed by atoms with Gasteiger partial charge >= 0.3 is 0 Å². The Bertz CT molecular complexity index is 886. The number of hydrogen-bond donors (Lipinski definition) is 1. The predicted octanol–water partition coefficient (Wildman–Crippen LogP) is 1.73. The number of guanidine groups is 1. The van der Waals surface area contributed by atoms with Crippen LogP contribution in [0.25, 0.3) is 11.4 Å². The Hall–Kier alpha value is -2.94. The molecular formula is C16H19ClN8O. The van der Waals surface area contributed by atoms with Crippen LogP contribution in [0.3, 0.4) is 0 Å². The monoisotopic (exact) mass is 374 g/mol. The first-order chi connectivity index (χ1) is 12.6. The first kappa shape index (κ1) is 17.9. The fourth-order valence-electron chi connectivity index (χ4n) is 2.33. The van der Waals surface area contributed by atoms with E-state index < -0.39 is 0 Å². The molecule has 0 aliphatic rings. The third-order valence-corrected chi connectivity index (χ3v) is 3.98. The lowest BCUT2D eigenvalue weighted by molar-refractivity contribution is 0.370. The molecule has 2 heterocycles. The van der Waals surface area contributed by atoms with Crippen molar-refractivity contribution >= 4 is 17.6 Å². The molecule has 9 nitrogen and oxygen atoms in total. The van der Waals surface area contributed by atoms with Crippen LogP contribution in [-0.4, -0.2) is 49.9 Å². The van der Waals surface area contributed by atoms with Gasteiger partial charge in [0.2, 0.25) is 11.7 Å². The second-order valence-corrected chi connectivity index (χ2v) is 6.01. The van der Waals surface area contributed by atoms with Crippen molar-refractivity contribution in [3.8, 4) is 11.4 Å². The van der Waals surface area contributed by atoms with E-state index in [2.05, 4.69) is 30.5 Å². The Kier molecular flexibility index (Phi) is 5.47. The molecule has 0 spiro atoms. The van der Waals surface area contributed by atoms with Crippen LogP contribution in [0.15, 0.2) is 40.1 Å². The highest BCUT2D eigenvalue weighted by molar-refractivity contribution is 6.30. The van der Waals surface area contributed by atoms with E-state index in [1.807, 2.05) is 31.1 Å². The smallest absolute Gasteiger partial charge is 0.246 e. The van der Waals surface area contributed by atoms with E-state index in [4.69, 9.17) is 16.1 Å². The fraction of sp³-hybridized carbons (Fsp3) is 0.312. The Morgan fingerprint density at radius 2 is 2.12 bits per heavy atom. The van der Waals surface area contributed by atoms with Crippen molar-refractivity contribution in [1.29, 1.82) is 0 Å². The largest absolute Gasteiger partial charge is 0.347 e. The topological polar surface area (TPSA) is 97.3 Å². The molecule has 3 rings (SSSR count). The summed E-state index contributed by atoms with van der Waals surface area (Å²) in [5.41, 5.74) is 0.841. The van der Waals surface area contributed by atoms with Gasteiger partial charge in [0.05, 0.1) is 13.1 Å². The SMILES string of the molecule is CN=C(NCc1nc(-c2ccc(Cl)cc2)no1)N(C)Cc1ncnn1C. The van der Waals surface area contributed by atoms with E-state index in [1.165, 1.54) is 6.33 Å². The van der Waals surface area contributed by atoms with Gasteiger partial charge in [-0.2, -0.15) is 10.1 Å². The first-order valence-corrected chi connectivity index (χ1v) is 8.28. The third-order valence-electron chi connectivity index (χ3n) is 3.73. The van der Waals surface area contributed by atoms with Crippen molar-refractivity contribution in [3.63, 3.8) is 0 Å². The molecule has 0 radical (unpaired) electrons. The van der Waals surface area contributed by atoms with Gasteiger partial charge in [-0.05, 0) is 24.3 Å². The molecule has 0 unspecified atom stereocenters. The molecule has 0 bridgehead atoms. The first-order valence-electron chi connectivity index (χ1n) is 7.90. The summed E-state index contributed by atoms with van der Waals surface area (Å²) in [4.78, 5) is 14.8. The number of hydrogen-bond acceptors (Lipinski definition) is 6. The summed E-state index contributed by atoms with van der Waals surface area (Å²) < 4.78 is 7.01. The Morgan fingerprint density at radius 3 is 2.77 bits per heavy atom. The van der Waals surface area contributed by atoms with Crippen LogP contribution in [0.4, 0.5) is 0 Å². The summed E-state index contributed by atoms with van der Waals surface area (Å²) in [6, 6.07) is 7.26. The lowest BCUT2D eigenvalue weighted by Crippen LogP contribution is -2.38. The van der Waals surface area contributed by atoms with Gasteiger partial charge in [-0.3, -0.25) is 9.67 Å². The van der Waals surface area contributed by atoms with E-state index in [9.17, 15) is 0 Å². The zero-order valence-electron chi connectivity index (χ0n) is 14.7. The Balaban J connectivity index is 1.60. The van der Waals surface area contributed by atoms with E-state index in [1.54, 1.807) is 23.9 Å². The van der Waals surface area contributed by atoms with Crippen molar-refractivity contribution < 1.29 is 4.52 Å². The maximum atomic E-state index is 5.89.